The highest BCUT2D eigenvalue weighted by Gasteiger charge is 2.38. The Morgan fingerprint density at radius 2 is 1.84 bits per heavy atom. The monoisotopic (exact) mass is 521 g/mol. The third kappa shape index (κ3) is 5.79. The summed E-state index contributed by atoms with van der Waals surface area (Å²) in [5, 5.41) is 3.62. The van der Waals surface area contributed by atoms with Crippen molar-refractivity contribution in [3.05, 3.63) is 46.4 Å². The zero-order valence-corrected chi connectivity index (χ0v) is 24.1. The molecule has 4 rings (SSSR count). The SMILES string of the molecule is COC(=O)c1c(C)cc(N2CCN(C(=O)c3ccc(NCC4CCCC4)c(C(C)C)n3)C(C)(C)C2)nc1C. The summed E-state index contributed by atoms with van der Waals surface area (Å²) in [6, 6.07) is 5.83. The Morgan fingerprint density at radius 1 is 1.13 bits per heavy atom. The predicted molar refractivity (Wildman–Crippen MR) is 151 cm³/mol. The van der Waals surface area contributed by atoms with E-state index in [-0.39, 0.29) is 17.8 Å². The molecule has 2 aliphatic rings. The molecule has 3 heterocycles. The zero-order valence-electron chi connectivity index (χ0n) is 24.1. The standard InChI is InChI=1S/C30H43N5O3/c1-19(2)27-23(31-17-22-10-8-9-11-22)12-13-24(33-27)28(36)35-15-14-34(18-30(35,5)6)25-16-20(3)26(21(4)32-25)29(37)38-7/h12-13,16,19,22,31H,8-11,14-15,17-18H2,1-7H3. The van der Waals surface area contributed by atoms with E-state index in [2.05, 4.69) is 37.9 Å². The van der Waals surface area contributed by atoms with Gasteiger partial charge in [0.25, 0.3) is 5.91 Å². The van der Waals surface area contributed by atoms with Gasteiger partial charge < -0.3 is 19.9 Å². The summed E-state index contributed by atoms with van der Waals surface area (Å²) in [6.07, 6.45) is 5.23. The number of hydrogen-bond donors (Lipinski definition) is 1. The number of pyridine rings is 2. The first-order valence-corrected chi connectivity index (χ1v) is 13.9. The molecular formula is C30H43N5O3. The molecule has 2 fully saturated rings. The van der Waals surface area contributed by atoms with Crippen LogP contribution in [0.4, 0.5) is 11.5 Å². The number of aryl methyl sites for hydroxylation is 2. The summed E-state index contributed by atoms with van der Waals surface area (Å²) in [5.41, 5.74) is 4.05. The maximum atomic E-state index is 13.7. The normalized spacial score (nSPS) is 17.7. The smallest absolute Gasteiger partial charge is 0.339 e. The fraction of sp³-hybridized carbons (Fsp3) is 0.600. The molecule has 1 amide bonds. The fourth-order valence-electron chi connectivity index (χ4n) is 5.90. The number of nitrogens with zero attached hydrogens (tertiary/aromatic N) is 4. The summed E-state index contributed by atoms with van der Waals surface area (Å²) in [7, 11) is 1.38. The lowest BCUT2D eigenvalue weighted by Crippen LogP contribution is -2.61. The van der Waals surface area contributed by atoms with Crippen LogP contribution in [0.5, 0.6) is 0 Å². The largest absolute Gasteiger partial charge is 0.465 e. The van der Waals surface area contributed by atoms with Gasteiger partial charge in [0.15, 0.2) is 0 Å². The lowest BCUT2D eigenvalue weighted by molar-refractivity contribution is 0.0506. The number of anilines is 2. The number of nitrogens with one attached hydrogen (secondary N) is 1. The second kappa shape index (κ2) is 11.3. The van der Waals surface area contributed by atoms with Gasteiger partial charge in [0.2, 0.25) is 0 Å². The van der Waals surface area contributed by atoms with Crippen molar-refractivity contribution >= 4 is 23.4 Å². The molecule has 38 heavy (non-hydrogen) atoms. The third-order valence-corrected chi connectivity index (χ3v) is 7.99. The van der Waals surface area contributed by atoms with E-state index in [4.69, 9.17) is 14.7 Å². The van der Waals surface area contributed by atoms with E-state index < -0.39 is 5.54 Å². The van der Waals surface area contributed by atoms with Gasteiger partial charge in [-0.1, -0.05) is 26.7 Å². The number of carbonyl (C=O) groups excluding carboxylic acids is 2. The molecular weight excluding hydrogens is 478 g/mol. The minimum absolute atomic E-state index is 0.0414. The first kappa shape index (κ1) is 27.9. The van der Waals surface area contributed by atoms with Crippen LogP contribution in [0, 0.1) is 19.8 Å². The molecule has 0 aromatic carbocycles. The molecule has 2 aromatic heterocycles. The van der Waals surface area contributed by atoms with Crippen LogP contribution in [-0.2, 0) is 4.74 Å². The number of carbonyl (C=O) groups is 2. The van der Waals surface area contributed by atoms with Crippen molar-refractivity contribution in [3.63, 3.8) is 0 Å². The van der Waals surface area contributed by atoms with Crippen LogP contribution >= 0.6 is 0 Å². The molecule has 2 aromatic rings. The van der Waals surface area contributed by atoms with E-state index >= 15 is 0 Å². The quantitative estimate of drug-likeness (QED) is 0.492. The fourth-order valence-corrected chi connectivity index (χ4v) is 5.90. The number of hydrogen-bond acceptors (Lipinski definition) is 7. The van der Waals surface area contributed by atoms with Crippen LogP contribution in [0.15, 0.2) is 18.2 Å². The van der Waals surface area contributed by atoms with E-state index in [1.165, 1.54) is 32.8 Å². The molecule has 0 spiro atoms. The van der Waals surface area contributed by atoms with Gasteiger partial charge in [-0.15, -0.1) is 0 Å². The lowest BCUT2D eigenvalue weighted by atomic mass is 9.97. The van der Waals surface area contributed by atoms with E-state index in [0.29, 0.717) is 36.6 Å². The number of rotatable bonds is 7. The predicted octanol–water partition coefficient (Wildman–Crippen LogP) is 5.35. The van der Waals surface area contributed by atoms with Gasteiger partial charge in [-0.2, -0.15) is 0 Å². The minimum Gasteiger partial charge on any atom is -0.465 e. The molecule has 8 nitrogen and oxygen atoms in total. The van der Waals surface area contributed by atoms with Crippen LogP contribution in [0.3, 0.4) is 0 Å². The van der Waals surface area contributed by atoms with Gasteiger partial charge in [-0.05, 0) is 76.1 Å². The maximum absolute atomic E-state index is 13.7. The molecule has 0 atom stereocenters. The maximum Gasteiger partial charge on any atom is 0.339 e. The highest BCUT2D eigenvalue weighted by atomic mass is 16.5. The number of ether oxygens (including phenoxy) is 1. The highest BCUT2D eigenvalue weighted by molar-refractivity contribution is 5.94. The molecule has 1 saturated carbocycles. The van der Waals surface area contributed by atoms with Gasteiger partial charge in [0.05, 0.1) is 35.3 Å². The summed E-state index contributed by atoms with van der Waals surface area (Å²) < 4.78 is 4.92. The van der Waals surface area contributed by atoms with Crippen molar-refractivity contribution < 1.29 is 14.3 Å². The summed E-state index contributed by atoms with van der Waals surface area (Å²) in [5.74, 6) is 1.34. The van der Waals surface area contributed by atoms with E-state index in [0.717, 1.165) is 35.2 Å². The lowest BCUT2D eigenvalue weighted by Gasteiger charge is -2.47. The second-order valence-electron chi connectivity index (χ2n) is 11.8. The first-order chi connectivity index (χ1) is 18.0. The van der Waals surface area contributed by atoms with Crippen molar-refractivity contribution in [2.45, 2.75) is 78.7 Å². The van der Waals surface area contributed by atoms with Crippen molar-refractivity contribution in [3.8, 4) is 0 Å². The Hall–Kier alpha value is -3.16. The van der Waals surface area contributed by atoms with Gasteiger partial charge in [0, 0.05) is 26.2 Å². The van der Waals surface area contributed by atoms with Crippen molar-refractivity contribution in [2.24, 2.45) is 5.92 Å². The van der Waals surface area contributed by atoms with Crippen LogP contribution in [0.25, 0.3) is 0 Å². The molecule has 0 unspecified atom stereocenters. The average molecular weight is 522 g/mol. The average Bonchev–Trinajstić information content (AvgIpc) is 3.39. The Kier molecular flexibility index (Phi) is 8.28. The topological polar surface area (TPSA) is 87.7 Å². The first-order valence-electron chi connectivity index (χ1n) is 13.9. The van der Waals surface area contributed by atoms with Crippen LogP contribution in [-0.4, -0.2) is 65.6 Å². The van der Waals surface area contributed by atoms with E-state index in [1.54, 1.807) is 0 Å². The van der Waals surface area contributed by atoms with Gasteiger partial charge in [0.1, 0.15) is 11.5 Å². The number of esters is 1. The number of methoxy groups -OCH3 is 1. The van der Waals surface area contributed by atoms with Crippen molar-refractivity contribution in [1.82, 2.24) is 14.9 Å². The van der Waals surface area contributed by atoms with Crippen LogP contribution in [0.2, 0.25) is 0 Å². The number of piperazine rings is 1. The molecule has 206 valence electrons. The minimum atomic E-state index is -0.432. The summed E-state index contributed by atoms with van der Waals surface area (Å²) in [6.45, 7) is 15.0. The van der Waals surface area contributed by atoms with Crippen LogP contribution in [0.1, 0.15) is 97.1 Å². The third-order valence-electron chi connectivity index (χ3n) is 7.99. The number of aromatic nitrogens is 2. The molecule has 0 radical (unpaired) electrons. The Morgan fingerprint density at radius 3 is 2.45 bits per heavy atom. The van der Waals surface area contributed by atoms with Crippen molar-refractivity contribution in [1.29, 1.82) is 0 Å². The molecule has 1 aliphatic heterocycles. The molecule has 0 bridgehead atoms. The Bertz CT molecular complexity index is 1160. The van der Waals surface area contributed by atoms with Gasteiger partial charge >= 0.3 is 5.97 Å². The molecule has 1 N–H and O–H groups in total. The summed E-state index contributed by atoms with van der Waals surface area (Å²) >= 11 is 0. The summed E-state index contributed by atoms with van der Waals surface area (Å²) in [4.78, 5) is 39.6. The highest BCUT2D eigenvalue weighted by Crippen LogP contribution is 2.30. The van der Waals surface area contributed by atoms with Gasteiger partial charge in [-0.3, -0.25) is 4.79 Å². The Balaban J connectivity index is 1.50. The number of amides is 1. The second-order valence-corrected chi connectivity index (χ2v) is 11.8. The van der Waals surface area contributed by atoms with Crippen molar-refractivity contribution in [2.75, 3.05) is 43.5 Å². The Labute approximate surface area is 227 Å². The van der Waals surface area contributed by atoms with Gasteiger partial charge in [-0.25, -0.2) is 14.8 Å². The molecule has 1 aliphatic carbocycles. The van der Waals surface area contributed by atoms with Crippen LogP contribution < -0.4 is 10.2 Å². The molecule has 8 heteroatoms. The zero-order chi connectivity index (χ0) is 27.6. The molecule has 1 saturated heterocycles. The van der Waals surface area contributed by atoms with E-state index in [9.17, 15) is 9.59 Å². The van der Waals surface area contributed by atoms with E-state index in [1.807, 2.05) is 36.9 Å².